The molecule has 3 amide bonds. The largest absolute Gasteiger partial charge is 0.477 e. The highest BCUT2D eigenvalue weighted by Crippen LogP contribution is 2.41. The number of tetrazole rings is 1. The molecule has 1 saturated heterocycles. The zero-order chi connectivity index (χ0) is 26.0. The van der Waals surface area contributed by atoms with Crippen LogP contribution in [0.5, 0.6) is 0 Å². The highest BCUT2D eigenvalue weighted by Gasteiger charge is 2.54. The predicted molar refractivity (Wildman–Crippen MR) is 128 cm³/mol. The second-order valence-electron chi connectivity index (χ2n) is 7.13. The summed E-state index contributed by atoms with van der Waals surface area (Å²) in [5, 5.41) is 30.6. The van der Waals surface area contributed by atoms with Crippen molar-refractivity contribution in [3.05, 3.63) is 22.3 Å². The quantitative estimate of drug-likeness (QED) is 0.0995. The van der Waals surface area contributed by atoms with Crippen molar-refractivity contribution < 1.29 is 29.1 Å². The molecule has 2 aromatic rings. The van der Waals surface area contributed by atoms with Crippen LogP contribution in [-0.4, -0.2) is 94.8 Å². The number of amides is 3. The summed E-state index contributed by atoms with van der Waals surface area (Å²) in [6, 6.07) is -1.03. The van der Waals surface area contributed by atoms with E-state index in [2.05, 4.69) is 41.1 Å². The van der Waals surface area contributed by atoms with Crippen LogP contribution in [0.15, 0.2) is 27.0 Å². The second kappa shape index (κ2) is 10.5. The van der Waals surface area contributed by atoms with E-state index in [1.54, 1.807) is 7.05 Å². The van der Waals surface area contributed by atoms with E-state index in [1.165, 1.54) is 40.6 Å². The molecule has 0 aliphatic carbocycles. The Hall–Kier alpha value is -3.71. The summed E-state index contributed by atoms with van der Waals surface area (Å²) in [5.74, 6) is -2.14. The molecule has 190 valence electrons. The van der Waals surface area contributed by atoms with Gasteiger partial charge < -0.3 is 21.5 Å². The van der Waals surface area contributed by atoms with Crippen LogP contribution in [0.4, 0.5) is 9.93 Å². The molecule has 1 fully saturated rings. The molecular weight excluding hydrogens is 536 g/mol. The number of thioether (sulfide) groups is 2. The molecule has 0 bridgehead atoms. The number of anilines is 1. The number of aliphatic carboxylic acids is 1. The van der Waals surface area contributed by atoms with Crippen molar-refractivity contribution in [2.75, 3.05) is 24.3 Å². The van der Waals surface area contributed by atoms with Crippen LogP contribution in [0.25, 0.3) is 0 Å². The van der Waals surface area contributed by atoms with E-state index >= 15 is 0 Å². The van der Waals surface area contributed by atoms with Crippen molar-refractivity contribution in [2.24, 2.45) is 12.2 Å². The normalized spacial score (nSPS) is 19.4. The summed E-state index contributed by atoms with van der Waals surface area (Å²) in [7, 11) is 2.97. The third-order valence-electron chi connectivity index (χ3n) is 4.90. The smallest absolute Gasteiger partial charge is 0.433 e. The summed E-state index contributed by atoms with van der Waals surface area (Å²) >= 11 is 3.58. The van der Waals surface area contributed by atoms with Crippen LogP contribution in [-0.2, 0) is 26.3 Å². The van der Waals surface area contributed by atoms with E-state index in [4.69, 9.17) is 5.73 Å². The molecule has 2 aromatic heterocycles. The van der Waals surface area contributed by atoms with E-state index in [-0.39, 0.29) is 28.0 Å². The van der Waals surface area contributed by atoms with Crippen molar-refractivity contribution >= 4 is 69.6 Å². The fraction of sp³-hybridized carbons (Fsp3) is 0.353. The number of oxime groups is 1. The highest BCUT2D eigenvalue weighted by atomic mass is 32.2. The molecule has 4 rings (SSSR count). The van der Waals surface area contributed by atoms with Crippen LogP contribution in [0, 0.1) is 0 Å². The molecule has 1 unspecified atom stereocenters. The first kappa shape index (κ1) is 25.4. The monoisotopic (exact) mass is 554 g/mol. The number of thiazole rings is 1. The van der Waals surface area contributed by atoms with E-state index in [0.29, 0.717) is 16.5 Å². The molecule has 4 heterocycles. The molecule has 0 aromatic carbocycles. The lowest BCUT2D eigenvalue weighted by atomic mass is 10.0. The molecule has 2 aliphatic heterocycles. The average Bonchev–Trinajstić information content (AvgIpc) is 3.47. The van der Waals surface area contributed by atoms with Gasteiger partial charge in [0.1, 0.15) is 22.8 Å². The van der Waals surface area contributed by atoms with Gasteiger partial charge in [0.15, 0.2) is 10.8 Å². The number of hydrogen-bond acceptors (Lipinski definition) is 14. The lowest BCUT2D eigenvalue weighted by Crippen LogP contribution is -2.71. The van der Waals surface area contributed by atoms with Crippen molar-refractivity contribution in [2.45, 2.75) is 16.6 Å². The van der Waals surface area contributed by atoms with Crippen LogP contribution >= 0.6 is 34.9 Å². The van der Waals surface area contributed by atoms with Gasteiger partial charge in [-0.25, -0.2) is 19.3 Å². The van der Waals surface area contributed by atoms with E-state index < -0.39 is 35.3 Å². The number of carbonyl (C=O) groups is 4. The summed E-state index contributed by atoms with van der Waals surface area (Å²) in [4.78, 5) is 59.1. The van der Waals surface area contributed by atoms with Gasteiger partial charge in [-0.1, -0.05) is 16.9 Å². The van der Waals surface area contributed by atoms with Gasteiger partial charge in [0.25, 0.3) is 11.8 Å². The van der Waals surface area contributed by atoms with Crippen LogP contribution < -0.4 is 16.4 Å². The molecule has 36 heavy (non-hydrogen) atoms. The molecule has 2 aliphatic rings. The Kier molecular flexibility index (Phi) is 7.40. The van der Waals surface area contributed by atoms with Crippen molar-refractivity contribution in [3.63, 3.8) is 0 Å². The number of nitrogen functional groups attached to an aromatic ring is 1. The predicted octanol–water partition coefficient (Wildman–Crippen LogP) is -1.16. The molecule has 5 N–H and O–H groups in total. The number of nitrogens with two attached hydrogens (primary N) is 1. The molecule has 0 saturated carbocycles. The maximum atomic E-state index is 13.0. The van der Waals surface area contributed by atoms with Crippen molar-refractivity contribution in [3.8, 4) is 0 Å². The van der Waals surface area contributed by atoms with Crippen LogP contribution in [0.2, 0.25) is 0 Å². The minimum absolute atomic E-state index is 0.0440. The van der Waals surface area contributed by atoms with E-state index in [1.807, 2.05) is 0 Å². The summed E-state index contributed by atoms with van der Waals surface area (Å²) in [6.45, 7) is 0. The Bertz CT molecular complexity index is 1290. The zero-order valence-corrected chi connectivity index (χ0v) is 21.0. The SMILES string of the molecule is CNC(=O)ON=C(C(=O)NC1C(=O)N2C(C(=O)O)=C(CSc3nnnn3C)CS[C@@H]12)c1csc(N)n1. The second-order valence-corrected chi connectivity index (χ2v) is 10.1. The van der Waals surface area contributed by atoms with Gasteiger partial charge in [-0.15, -0.1) is 28.2 Å². The van der Waals surface area contributed by atoms with Crippen LogP contribution in [0.1, 0.15) is 5.69 Å². The lowest BCUT2D eigenvalue weighted by Gasteiger charge is -2.49. The number of aromatic nitrogens is 5. The first-order valence-corrected chi connectivity index (χ1v) is 12.9. The maximum Gasteiger partial charge on any atom is 0.433 e. The minimum Gasteiger partial charge on any atom is -0.477 e. The first-order valence-electron chi connectivity index (χ1n) is 9.95. The summed E-state index contributed by atoms with van der Waals surface area (Å²) < 4.78 is 1.45. The Balaban J connectivity index is 1.50. The number of β-lactam (4-membered cyclic amide) rings is 1. The summed E-state index contributed by atoms with van der Waals surface area (Å²) in [5.41, 5.74) is 5.68. The number of nitrogens with zero attached hydrogens (tertiary/aromatic N) is 7. The number of rotatable bonds is 8. The van der Waals surface area contributed by atoms with Crippen LogP contribution in [0.3, 0.4) is 0 Å². The number of carboxylic acid groups (broad SMARTS) is 1. The number of nitrogens with one attached hydrogen (secondary N) is 2. The average molecular weight is 555 g/mol. The fourth-order valence-corrected chi connectivity index (χ4v) is 6.12. The maximum absolute atomic E-state index is 13.0. The number of fused-ring (bicyclic) bond motifs is 1. The standard InChI is InChI=1S/C17H18N10O6S3/c1-19-17(32)33-23-8(7-5-35-15(18)20-7)11(28)21-9-12(29)27-10(14(30)31)6(3-34-13(9)27)4-36-16-22-24-25-26(16)2/h5,9,13H,3-4H2,1-2H3,(H2,18,20)(H,19,32)(H,21,28)(H,30,31)/t9?,13-/m0/s1. The number of hydrogen-bond donors (Lipinski definition) is 4. The zero-order valence-electron chi connectivity index (χ0n) is 18.6. The van der Waals surface area contributed by atoms with E-state index in [0.717, 1.165) is 16.2 Å². The van der Waals surface area contributed by atoms with Gasteiger partial charge in [-0.3, -0.25) is 19.3 Å². The van der Waals surface area contributed by atoms with Crippen molar-refractivity contribution in [1.82, 2.24) is 40.7 Å². The minimum atomic E-state index is -1.26. The molecule has 0 spiro atoms. The first-order chi connectivity index (χ1) is 17.2. The Morgan fingerprint density at radius 1 is 1.42 bits per heavy atom. The fourth-order valence-electron chi connectivity index (χ4n) is 3.23. The topological polar surface area (TPSA) is 220 Å². The van der Waals surface area contributed by atoms with Gasteiger partial charge in [-0.2, -0.15) is 0 Å². The summed E-state index contributed by atoms with van der Waals surface area (Å²) in [6.07, 6.45) is -0.920. The molecule has 19 heteroatoms. The lowest BCUT2D eigenvalue weighted by molar-refractivity contribution is -0.150. The third-order valence-corrected chi connectivity index (χ3v) is 8.01. The number of carbonyl (C=O) groups excluding carboxylic acids is 3. The van der Waals surface area contributed by atoms with Gasteiger partial charge in [-0.05, 0) is 16.0 Å². The Morgan fingerprint density at radius 2 is 2.19 bits per heavy atom. The number of carboxylic acids is 1. The van der Waals surface area contributed by atoms with Gasteiger partial charge in [0.2, 0.25) is 5.16 Å². The Labute approximate surface area is 214 Å². The molecular formula is C17H18N10O6S3. The molecule has 2 atom stereocenters. The Morgan fingerprint density at radius 3 is 2.81 bits per heavy atom. The highest BCUT2D eigenvalue weighted by molar-refractivity contribution is 8.01. The van der Waals surface area contributed by atoms with Crippen molar-refractivity contribution in [1.29, 1.82) is 0 Å². The number of aryl methyl sites for hydroxylation is 1. The van der Waals surface area contributed by atoms with Gasteiger partial charge in [0.05, 0.1) is 0 Å². The van der Waals surface area contributed by atoms with Gasteiger partial charge in [0, 0.05) is 31.0 Å². The molecule has 16 nitrogen and oxygen atoms in total. The molecule has 0 radical (unpaired) electrons. The third kappa shape index (κ3) is 4.97. The van der Waals surface area contributed by atoms with E-state index in [9.17, 15) is 24.3 Å². The van der Waals surface area contributed by atoms with Gasteiger partial charge >= 0.3 is 12.1 Å².